The van der Waals surface area contributed by atoms with Crippen molar-refractivity contribution in [3.05, 3.63) is 39.7 Å². The minimum Gasteiger partial charge on any atom is -0.460 e. The van der Waals surface area contributed by atoms with E-state index >= 15 is 0 Å². The molecule has 0 aliphatic carbocycles. The number of ether oxygens (including phenoxy) is 1. The van der Waals surface area contributed by atoms with Crippen LogP contribution in [0.3, 0.4) is 0 Å². The summed E-state index contributed by atoms with van der Waals surface area (Å²) in [5.74, 6) is 0.158. The molecule has 2 aromatic rings. The second-order valence-electron chi connectivity index (χ2n) is 4.31. The number of aryl methyl sites for hydroxylation is 2. The third kappa shape index (κ3) is 2.77. The molecule has 4 nitrogen and oxygen atoms in total. The zero-order valence-corrected chi connectivity index (χ0v) is 13.3. The largest absolute Gasteiger partial charge is 0.460 e. The first kappa shape index (κ1) is 14.8. The van der Waals surface area contributed by atoms with Gasteiger partial charge in [0.25, 0.3) is 0 Å². The van der Waals surface area contributed by atoms with Crippen molar-refractivity contribution in [2.75, 3.05) is 6.61 Å². The van der Waals surface area contributed by atoms with Gasteiger partial charge >= 0.3 is 5.97 Å². The Kier molecular flexibility index (Phi) is 4.60. The van der Waals surface area contributed by atoms with Gasteiger partial charge in [0.2, 0.25) is 11.7 Å². The van der Waals surface area contributed by atoms with Gasteiger partial charge in [-0.1, -0.05) is 19.1 Å². The van der Waals surface area contributed by atoms with Gasteiger partial charge in [-0.25, -0.2) is 9.78 Å². The van der Waals surface area contributed by atoms with Crippen molar-refractivity contribution < 1.29 is 13.9 Å². The molecular weight excluding hydrogens is 322 g/mol. The Balaban J connectivity index is 2.49. The van der Waals surface area contributed by atoms with Gasteiger partial charge in [0.15, 0.2) is 0 Å². The van der Waals surface area contributed by atoms with Gasteiger partial charge in [-0.2, -0.15) is 0 Å². The zero-order chi connectivity index (χ0) is 14.7. The lowest BCUT2D eigenvalue weighted by molar-refractivity contribution is 0.0489. The second-order valence-corrected chi connectivity index (χ2v) is 5.10. The zero-order valence-electron chi connectivity index (χ0n) is 11.7. The molecule has 0 unspecified atom stereocenters. The molecule has 0 amide bonds. The normalized spacial score (nSPS) is 10.6. The monoisotopic (exact) mass is 337 g/mol. The third-order valence-corrected chi connectivity index (χ3v) is 3.97. The maximum atomic E-state index is 11.9. The highest BCUT2D eigenvalue weighted by Crippen LogP contribution is 2.31. The lowest BCUT2D eigenvalue weighted by Crippen LogP contribution is -2.05. The van der Waals surface area contributed by atoms with E-state index in [2.05, 4.69) is 20.9 Å². The molecule has 5 heteroatoms. The van der Waals surface area contributed by atoms with Crippen LogP contribution in [0, 0.1) is 6.92 Å². The molecule has 0 aliphatic rings. The van der Waals surface area contributed by atoms with Gasteiger partial charge in [0.1, 0.15) is 0 Å². The highest BCUT2D eigenvalue weighted by atomic mass is 79.9. The summed E-state index contributed by atoms with van der Waals surface area (Å²) in [6.45, 7) is 5.99. The molecule has 1 aromatic heterocycles. The Morgan fingerprint density at radius 2 is 2.15 bits per heavy atom. The Morgan fingerprint density at radius 3 is 2.80 bits per heavy atom. The van der Waals surface area contributed by atoms with Crippen LogP contribution < -0.4 is 0 Å². The van der Waals surface area contributed by atoms with E-state index in [9.17, 15) is 4.79 Å². The van der Waals surface area contributed by atoms with Crippen molar-refractivity contribution in [2.45, 2.75) is 27.2 Å². The van der Waals surface area contributed by atoms with Gasteiger partial charge in [-0.05, 0) is 47.8 Å². The minimum atomic E-state index is -0.466. The molecule has 0 radical (unpaired) electrons. The smallest absolute Gasteiger partial charge is 0.376 e. The number of carbonyl (C=O) groups excluding carboxylic acids is 1. The number of oxazole rings is 1. The predicted molar refractivity (Wildman–Crippen MR) is 79.7 cm³/mol. The van der Waals surface area contributed by atoms with Crippen LogP contribution in [-0.4, -0.2) is 17.6 Å². The molecule has 0 saturated carbocycles. The van der Waals surface area contributed by atoms with Gasteiger partial charge in [0.05, 0.1) is 17.9 Å². The third-order valence-electron chi connectivity index (χ3n) is 2.92. The predicted octanol–water partition coefficient (Wildman–Crippen LogP) is 4.15. The Bertz CT molecular complexity index is 634. The number of nitrogens with zero attached hydrogens (tertiary/aromatic N) is 1. The van der Waals surface area contributed by atoms with E-state index in [1.807, 2.05) is 32.0 Å². The molecule has 0 bridgehead atoms. The average Bonchev–Trinajstić information content (AvgIpc) is 2.86. The van der Waals surface area contributed by atoms with E-state index < -0.39 is 5.97 Å². The lowest BCUT2D eigenvalue weighted by atomic mass is 10.1. The van der Waals surface area contributed by atoms with Crippen LogP contribution in [0.2, 0.25) is 0 Å². The molecule has 0 fully saturated rings. The van der Waals surface area contributed by atoms with Gasteiger partial charge in [0, 0.05) is 4.47 Å². The lowest BCUT2D eigenvalue weighted by Gasteiger charge is -2.02. The molecule has 0 saturated heterocycles. The maximum Gasteiger partial charge on any atom is 0.376 e. The van der Waals surface area contributed by atoms with Crippen molar-refractivity contribution in [1.29, 1.82) is 0 Å². The Hall–Kier alpha value is -1.62. The molecule has 20 heavy (non-hydrogen) atoms. The SMILES string of the molecule is CCOC(=O)c1oc(-c2cccc(C)c2Br)nc1CC. The van der Waals surface area contributed by atoms with Crippen LogP contribution in [0.4, 0.5) is 0 Å². The van der Waals surface area contributed by atoms with Crippen molar-refractivity contribution in [3.63, 3.8) is 0 Å². The van der Waals surface area contributed by atoms with Gasteiger partial charge in [-0.15, -0.1) is 0 Å². The first-order valence-corrected chi connectivity index (χ1v) is 7.30. The van der Waals surface area contributed by atoms with Crippen LogP contribution in [0.5, 0.6) is 0 Å². The molecule has 1 heterocycles. The van der Waals surface area contributed by atoms with E-state index in [-0.39, 0.29) is 5.76 Å². The van der Waals surface area contributed by atoms with E-state index in [1.165, 1.54) is 0 Å². The van der Waals surface area contributed by atoms with Crippen LogP contribution >= 0.6 is 15.9 Å². The fourth-order valence-corrected chi connectivity index (χ4v) is 2.31. The highest BCUT2D eigenvalue weighted by Gasteiger charge is 2.22. The number of carbonyl (C=O) groups is 1. The van der Waals surface area contributed by atoms with E-state index in [1.54, 1.807) is 6.92 Å². The number of benzene rings is 1. The summed E-state index contributed by atoms with van der Waals surface area (Å²) >= 11 is 3.52. The summed E-state index contributed by atoms with van der Waals surface area (Å²) in [5.41, 5.74) is 2.53. The molecule has 0 spiro atoms. The standard InChI is InChI=1S/C15H16BrNO3/c1-4-11-13(15(18)19-5-2)20-14(17-11)10-8-6-7-9(3)12(10)16/h6-8H,4-5H2,1-3H3. The Morgan fingerprint density at radius 1 is 1.40 bits per heavy atom. The summed E-state index contributed by atoms with van der Waals surface area (Å²) in [7, 11) is 0. The first-order valence-electron chi connectivity index (χ1n) is 6.50. The first-order chi connectivity index (χ1) is 9.58. The molecule has 106 valence electrons. The number of hydrogen-bond donors (Lipinski definition) is 0. The van der Waals surface area contributed by atoms with E-state index in [4.69, 9.17) is 9.15 Å². The topological polar surface area (TPSA) is 52.3 Å². The molecule has 0 atom stereocenters. The van der Waals surface area contributed by atoms with Gasteiger partial charge in [-0.3, -0.25) is 0 Å². The summed E-state index contributed by atoms with van der Waals surface area (Å²) in [6.07, 6.45) is 0.612. The number of rotatable bonds is 4. The number of halogens is 1. The van der Waals surface area contributed by atoms with Crippen LogP contribution in [-0.2, 0) is 11.2 Å². The number of esters is 1. The number of hydrogen-bond acceptors (Lipinski definition) is 4. The summed E-state index contributed by atoms with van der Waals surface area (Å²) in [5, 5.41) is 0. The van der Waals surface area contributed by atoms with E-state index in [0.717, 1.165) is 15.6 Å². The highest BCUT2D eigenvalue weighted by molar-refractivity contribution is 9.10. The average molecular weight is 338 g/mol. The molecular formula is C15H16BrNO3. The van der Waals surface area contributed by atoms with Crippen LogP contribution in [0.1, 0.15) is 35.7 Å². The van der Waals surface area contributed by atoms with Crippen LogP contribution in [0.15, 0.2) is 27.1 Å². The molecule has 1 aromatic carbocycles. The van der Waals surface area contributed by atoms with Crippen molar-refractivity contribution >= 4 is 21.9 Å². The van der Waals surface area contributed by atoms with Crippen molar-refractivity contribution in [3.8, 4) is 11.5 Å². The van der Waals surface area contributed by atoms with Crippen molar-refractivity contribution in [2.24, 2.45) is 0 Å². The van der Waals surface area contributed by atoms with Gasteiger partial charge < -0.3 is 9.15 Å². The Labute approximate surface area is 126 Å². The minimum absolute atomic E-state index is 0.192. The number of aromatic nitrogens is 1. The quantitative estimate of drug-likeness (QED) is 0.786. The molecule has 2 rings (SSSR count). The summed E-state index contributed by atoms with van der Waals surface area (Å²) in [6, 6.07) is 5.82. The fourth-order valence-electron chi connectivity index (χ4n) is 1.88. The molecule has 0 aliphatic heterocycles. The van der Waals surface area contributed by atoms with E-state index in [0.29, 0.717) is 24.6 Å². The van der Waals surface area contributed by atoms with Crippen LogP contribution in [0.25, 0.3) is 11.5 Å². The summed E-state index contributed by atoms with van der Waals surface area (Å²) < 4.78 is 11.5. The second kappa shape index (κ2) is 6.22. The maximum absolute atomic E-state index is 11.9. The molecule has 0 N–H and O–H groups in total. The summed E-state index contributed by atoms with van der Waals surface area (Å²) in [4.78, 5) is 16.3. The van der Waals surface area contributed by atoms with Crippen molar-refractivity contribution in [1.82, 2.24) is 4.98 Å². The fraction of sp³-hybridized carbons (Fsp3) is 0.333.